The average molecular weight is 224 g/mol. The van der Waals surface area contributed by atoms with Crippen LogP contribution in [0.4, 0.5) is 26.3 Å². The van der Waals surface area contributed by atoms with Gasteiger partial charge in [-0.15, -0.1) is 0 Å². The second-order valence-electron chi connectivity index (χ2n) is 3.28. The van der Waals surface area contributed by atoms with Crippen molar-refractivity contribution in [2.75, 3.05) is 6.61 Å². The molecule has 0 aromatic heterocycles. The minimum atomic E-state index is -5.51. The molecular weight excluding hydrogens is 214 g/mol. The van der Waals surface area contributed by atoms with E-state index < -0.39 is 30.3 Å². The molecule has 0 aliphatic carbocycles. The third-order valence-electron chi connectivity index (χ3n) is 2.25. The third kappa shape index (κ3) is 1.82. The number of aliphatic hydroxyl groups is 1. The van der Waals surface area contributed by atoms with Crippen molar-refractivity contribution < 1.29 is 31.4 Å². The molecule has 0 unspecified atom stereocenters. The number of hydrogen-bond acceptors (Lipinski definition) is 1. The number of aliphatic hydroxyl groups excluding tert-OH is 1. The van der Waals surface area contributed by atoms with Gasteiger partial charge in [0.05, 0.1) is 6.61 Å². The molecule has 0 radical (unpaired) electrons. The molecular formula is C7H10F6O. The van der Waals surface area contributed by atoms with Crippen LogP contribution in [0.1, 0.15) is 13.8 Å². The fourth-order valence-electron chi connectivity index (χ4n) is 1.18. The van der Waals surface area contributed by atoms with Crippen molar-refractivity contribution in [1.29, 1.82) is 0 Å². The summed E-state index contributed by atoms with van der Waals surface area (Å²) in [7, 11) is 0. The zero-order chi connectivity index (χ0) is 11.8. The fraction of sp³-hybridized carbons (Fsp3) is 1.00. The Morgan fingerprint density at radius 1 is 0.929 bits per heavy atom. The Labute approximate surface area is 76.7 Å². The van der Waals surface area contributed by atoms with Gasteiger partial charge in [0.2, 0.25) is 0 Å². The van der Waals surface area contributed by atoms with Crippen LogP contribution in [-0.4, -0.2) is 24.1 Å². The van der Waals surface area contributed by atoms with Crippen LogP contribution in [0.2, 0.25) is 0 Å². The molecule has 0 bridgehead atoms. The van der Waals surface area contributed by atoms with E-state index in [2.05, 4.69) is 0 Å². The van der Waals surface area contributed by atoms with E-state index in [0.717, 1.165) is 13.8 Å². The van der Waals surface area contributed by atoms with Gasteiger partial charge in [-0.1, -0.05) is 13.8 Å². The Morgan fingerprint density at radius 3 is 1.21 bits per heavy atom. The molecule has 0 aromatic carbocycles. The maximum absolute atomic E-state index is 12.2. The molecule has 86 valence electrons. The quantitative estimate of drug-likeness (QED) is 0.715. The summed E-state index contributed by atoms with van der Waals surface area (Å²) in [5.74, 6) is -1.77. The number of rotatable bonds is 2. The summed E-state index contributed by atoms with van der Waals surface area (Å²) in [6.45, 7) is -0.438. The minimum Gasteiger partial charge on any atom is -0.395 e. The lowest BCUT2D eigenvalue weighted by atomic mass is 9.76. The highest BCUT2D eigenvalue weighted by molar-refractivity contribution is 4.95. The van der Waals surface area contributed by atoms with Crippen molar-refractivity contribution in [2.45, 2.75) is 26.2 Å². The largest absolute Gasteiger partial charge is 0.405 e. The van der Waals surface area contributed by atoms with Crippen molar-refractivity contribution in [3.05, 3.63) is 0 Å². The van der Waals surface area contributed by atoms with Gasteiger partial charge < -0.3 is 5.11 Å². The maximum Gasteiger partial charge on any atom is 0.405 e. The number of alkyl halides is 6. The van der Waals surface area contributed by atoms with Crippen LogP contribution in [0.25, 0.3) is 0 Å². The third-order valence-corrected chi connectivity index (χ3v) is 2.25. The molecule has 0 fully saturated rings. The highest BCUT2D eigenvalue weighted by Crippen LogP contribution is 2.54. The maximum atomic E-state index is 12.2. The summed E-state index contributed by atoms with van der Waals surface area (Å²) in [6.07, 6.45) is -11.0. The molecule has 0 spiro atoms. The molecule has 0 heterocycles. The van der Waals surface area contributed by atoms with Gasteiger partial charge in [-0.3, -0.25) is 0 Å². The van der Waals surface area contributed by atoms with Crippen LogP contribution in [0.15, 0.2) is 0 Å². The Hall–Kier alpha value is -0.460. The van der Waals surface area contributed by atoms with Gasteiger partial charge in [0.15, 0.2) is 5.41 Å². The standard InChI is InChI=1S/C7H10F6O/c1-4(2)5(3-14,6(8,9)10)7(11,12)13/h4,14H,3H2,1-2H3. The summed E-state index contributed by atoms with van der Waals surface area (Å²) in [6, 6.07) is 0. The molecule has 0 aromatic rings. The van der Waals surface area contributed by atoms with Crippen molar-refractivity contribution in [3.63, 3.8) is 0 Å². The Bertz CT molecular complexity index is 177. The molecule has 0 atom stereocenters. The molecule has 0 aliphatic rings. The summed E-state index contributed by atoms with van der Waals surface area (Å²) in [5.41, 5.74) is -4.03. The average Bonchev–Trinajstić information content (AvgIpc) is 1.80. The normalized spacial score (nSPS) is 15.0. The van der Waals surface area contributed by atoms with Crippen LogP contribution < -0.4 is 0 Å². The van der Waals surface area contributed by atoms with E-state index in [9.17, 15) is 26.3 Å². The van der Waals surface area contributed by atoms with Crippen molar-refractivity contribution in [3.8, 4) is 0 Å². The van der Waals surface area contributed by atoms with Crippen LogP contribution in [-0.2, 0) is 0 Å². The summed E-state index contributed by atoms with van der Waals surface area (Å²) < 4.78 is 73.5. The molecule has 7 heteroatoms. The van der Waals surface area contributed by atoms with Crippen molar-refractivity contribution >= 4 is 0 Å². The molecule has 14 heavy (non-hydrogen) atoms. The van der Waals surface area contributed by atoms with E-state index in [4.69, 9.17) is 5.11 Å². The minimum absolute atomic E-state index is 0.775. The summed E-state index contributed by atoms with van der Waals surface area (Å²) in [4.78, 5) is 0. The first-order chi connectivity index (χ1) is 6.00. The Morgan fingerprint density at radius 2 is 1.21 bits per heavy atom. The van der Waals surface area contributed by atoms with Gasteiger partial charge in [0, 0.05) is 0 Å². The van der Waals surface area contributed by atoms with E-state index in [1.807, 2.05) is 0 Å². The van der Waals surface area contributed by atoms with Gasteiger partial charge in [0.25, 0.3) is 0 Å². The van der Waals surface area contributed by atoms with E-state index in [0.29, 0.717) is 0 Å². The first-order valence-corrected chi connectivity index (χ1v) is 3.75. The van der Waals surface area contributed by atoms with E-state index >= 15 is 0 Å². The Balaban J connectivity index is 5.45. The lowest BCUT2D eigenvalue weighted by molar-refractivity contribution is -0.363. The van der Waals surface area contributed by atoms with Crippen LogP contribution >= 0.6 is 0 Å². The molecule has 1 N–H and O–H groups in total. The second kappa shape index (κ2) is 3.60. The van der Waals surface area contributed by atoms with Gasteiger partial charge in [-0.25, -0.2) is 0 Å². The monoisotopic (exact) mass is 224 g/mol. The first-order valence-electron chi connectivity index (χ1n) is 3.75. The van der Waals surface area contributed by atoms with E-state index in [1.165, 1.54) is 0 Å². The highest BCUT2D eigenvalue weighted by Gasteiger charge is 2.71. The van der Waals surface area contributed by atoms with Crippen LogP contribution in [0, 0.1) is 11.3 Å². The SMILES string of the molecule is CC(C)C(CO)(C(F)(F)F)C(F)(F)F. The molecule has 0 aliphatic heterocycles. The topological polar surface area (TPSA) is 20.2 Å². The lowest BCUT2D eigenvalue weighted by Gasteiger charge is -2.38. The zero-order valence-corrected chi connectivity index (χ0v) is 7.50. The van der Waals surface area contributed by atoms with Gasteiger partial charge in [-0.05, 0) is 5.92 Å². The van der Waals surface area contributed by atoms with Crippen LogP contribution in [0.5, 0.6) is 0 Å². The zero-order valence-electron chi connectivity index (χ0n) is 7.50. The number of hydrogen-bond donors (Lipinski definition) is 1. The predicted octanol–water partition coefficient (Wildman–Crippen LogP) is 2.75. The molecule has 0 amide bonds. The molecule has 0 saturated heterocycles. The lowest BCUT2D eigenvalue weighted by Crippen LogP contribution is -2.56. The Kier molecular flexibility index (Phi) is 3.48. The predicted molar refractivity (Wildman–Crippen MR) is 36.5 cm³/mol. The second-order valence-corrected chi connectivity index (χ2v) is 3.28. The van der Waals surface area contributed by atoms with E-state index in [1.54, 1.807) is 0 Å². The fourth-order valence-corrected chi connectivity index (χ4v) is 1.18. The van der Waals surface area contributed by atoms with Crippen molar-refractivity contribution in [2.24, 2.45) is 11.3 Å². The van der Waals surface area contributed by atoms with E-state index in [-0.39, 0.29) is 0 Å². The molecule has 0 rings (SSSR count). The van der Waals surface area contributed by atoms with Crippen molar-refractivity contribution in [1.82, 2.24) is 0 Å². The first kappa shape index (κ1) is 13.5. The van der Waals surface area contributed by atoms with Gasteiger partial charge in [-0.2, -0.15) is 26.3 Å². The molecule has 1 nitrogen and oxygen atoms in total. The van der Waals surface area contributed by atoms with Gasteiger partial charge >= 0.3 is 12.4 Å². The molecule has 0 saturated carbocycles. The number of halogens is 6. The highest BCUT2D eigenvalue weighted by atomic mass is 19.4. The summed E-state index contributed by atoms with van der Waals surface area (Å²) >= 11 is 0. The smallest absolute Gasteiger partial charge is 0.395 e. The van der Waals surface area contributed by atoms with Crippen LogP contribution in [0.3, 0.4) is 0 Å². The van der Waals surface area contributed by atoms with Gasteiger partial charge in [0.1, 0.15) is 0 Å². The summed E-state index contributed by atoms with van der Waals surface area (Å²) in [5, 5.41) is 8.38.